The van der Waals surface area contributed by atoms with E-state index in [1.54, 1.807) is 0 Å². The summed E-state index contributed by atoms with van der Waals surface area (Å²) in [5.74, 6) is 0.869. The maximum absolute atomic E-state index is 6.62. The van der Waals surface area contributed by atoms with Gasteiger partial charge >= 0.3 is 0 Å². The standard InChI is InChI=1S/C19H35NO/c1-2-14-20-18-9-5-4-8-16(18)15-17-10-13-19(21-17)11-6-3-7-12-19/h16-18,20H,2-15H2,1H3. The second-order valence-electron chi connectivity index (χ2n) is 7.86. The van der Waals surface area contributed by atoms with Crippen molar-refractivity contribution in [2.45, 2.75) is 108 Å². The molecule has 2 nitrogen and oxygen atoms in total. The Balaban J connectivity index is 1.50. The molecule has 3 atom stereocenters. The number of ether oxygens (including phenoxy) is 1. The van der Waals surface area contributed by atoms with Crippen molar-refractivity contribution in [3.63, 3.8) is 0 Å². The first kappa shape index (κ1) is 15.8. The van der Waals surface area contributed by atoms with Crippen molar-refractivity contribution >= 4 is 0 Å². The maximum atomic E-state index is 6.62. The van der Waals surface area contributed by atoms with Crippen molar-refractivity contribution in [3.05, 3.63) is 0 Å². The molecule has 1 N–H and O–H groups in total. The van der Waals surface area contributed by atoms with Crippen LogP contribution in [0.2, 0.25) is 0 Å². The largest absolute Gasteiger partial charge is 0.372 e. The SMILES string of the molecule is CCCNC1CCCCC1CC1CCC2(CCCCC2)O1. The molecular formula is C19H35NO. The fraction of sp³-hybridized carbons (Fsp3) is 1.00. The number of hydrogen-bond donors (Lipinski definition) is 1. The molecule has 0 radical (unpaired) electrons. The van der Waals surface area contributed by atoms with Crippen LogP contribution < -0.4 is 5.32 Å². The van der Waals surface area contributed by atoms with Crippen LogP contribution in [-0.2, 0) is 4.74 Å². The first-order valence-electron chi connectivity index (χ1n) is 9.72. The lowest BCUT2D eigenvalue weighted by Crippen LogP contribution is -2.40. The van der Waals surface area contributed by atoms with E-state index < -0.39 is 0 Å². The van der Waals surface area contributed by atoms with Gasteiger partial charge in [-0.15, -0.1) is 0 Å². The highest BCUT2D eigenvalue weighted by molar-refractivity contribution is 4.93. The molecule has 0 aromatic rings. The third-order valence-electron chi connectivity index (χ3n) is 6.23. The van der Waals surface area contributed by atoms with E-state index in [-0.39, 0.29) is 0 Å². The van der Waals surface area contributed by atoms with Gasteiger partial charge in [0, 0.05) is 6.04 Å². The van der Waals surface area contributed by atoms with E-state index in [4.69, 9.17) is 4.74 Å². The van der Waals surface area contributed by atoms with Crippen LogP contribution in [0.1, 0.15) is 90.4 Å². The van der Waals surface area contributed by atoms with Crippen molar-refractivity contribution in [3.8, 4) is 0 Å². The summed E-state index contributed by atoms with van der Waals surface area (Å²) in [6.45, 7) is 3.47. The maximum Gasteiger partial charge on any atom is 0.0687 e. The third-order valence-corrected chi connectivity index (χ3v) is 6.23. The molecular weight excluding hydrogens is 258 g/mol. The lowest BCUT2D eigenvalue weighted by Gasteiger charge is -2.36. The number of nitrogens with one attached hydrogen (secondary N) is 1. The summed E-state index contributed by atoms with van der Waals surface area (Å²) in [7, 11) is 0. The fourth-order valence-corrected chi connectivity index (χ4v) is 5.05. The molecule has 0 bridgehead atoms. The van der Waals surface area contributed by atoms with Crippen molar-refractivity contribution in [1.82, 2.24) is 5.32 Å². The summed E-state index contributed by atoms with van der Waals surface area (Å²) in [4.78, 5) is 0. The lowest BCUT2D eigenvalue weighted by molar-refractivity contribution is -0.0722. The molecule has 0 amide bonds. The molecule has 1 saturated heterocycles. The molecule has 0 aromatic heterocycles. The average Bonchev–Trinajstić information content (AvgIpc) is 2.89. The zero-order chi connectivity index (χ0) is 14.5. The van der Waals surface area contributed by atoms with Crippen LogP contribution in [0.3, 0.4) is 0 Å². The van der Waals surface area contributed by atoms with Gasteiger partial charge in [-0.25, -0.2) is 0 Å². The summed E-state index contributed by atoms with van der Waals surface area (Å²) in [5, 5.41) is 3.81. The second kappa shape index (κ2) is 7.46. The molecule has 2 heteroatoms. The van der Waals surface area contributed by atoms with Crippen molar-refractivity contribution < 1.29 is 4.74 Å². The summed E-state index contributed by atoms with van der Waals surface area (Å²) in [5.41, 5.74) is 0.309. The van der Waals surface area contributed by atoms with Crippen LogP contribution in [0.15, 0.2) is 0 Å². The summed E-state index contributed by atoms with van der Waals surface area (Å²) in [6, 6.07) is 0.769. The van der Waals surface area contributed by atoms with Crippen LogP contribution in [0.5, 0.6) is 0 Å². The molecule has 1 spiro atoms. The molecule has 3 fully saturated rings. The Labute approximate surface area is 131 Å². The smallest absolute Gasteiger partial charge is 0.0687 e. The van der Waals surface area contributed by atoms with Crippen molar-refractivity contribution in [2.75, 3.05) is 6.54 Å². The monoisotopic (exact) mass is 293 g/mol. The Bertz CT molecular complexity index is 311. The van der Waals surface area contributed by atoms with Gasteiger partial charge in [0.2, 0.25) is 0 Å². The lowest BCUT2D eigenvalue weighted by atomic mass is 9.80. The Morgan fingerprint density at radius 2 is 1.76 bits per heavy atom. The molecule has 1 heterocycles. The average molecular weight is 293 g/mol. The third kappa shape index (κ3) is 4.01. The Kier molecular flexibility index (Phi) is 5.61. The van der Waals surface area contributed by atoms with Gasteiger partial charge in [-0.1, -0.05) is 39.0 Å². The topological polar surface area (TPSA) is 21.3 Å². The predicted octanol–water partition coefficient (Wildman–Crippen LogP) is 4.82. The van der Waals surface area contributed by atoms with Crippen LogP contribution >= 0.6 is 0 Å². The van der Waals surface area contributed by atoms with E-state index in [0.29, 0.717) is 11.7 Å². The molecule has 2 aliphatic carbocycles. The second-order valence-corrected chi connectivity index (χ2v) is 7.86. The first-order chi connectivity index (χ1) is 10.3. The van der Waals surface area contributed by atoms with E-state index in [0.717, 1.165) is 12.0 Å². The van der Waals surface area contributed by atoms with E-state index in [9.17, 15) is 0 Å². The molecule has 3 rings (SSSR count). The van der Waals surface area contributed by atoms with Crippen LogP contribution in [-0.4, -0.2) is 24.3 Å². The Morgan fingerprint density at radius 1 is 0.952 bits per heavy atom. The van der Waals surface area contributed by atoms with Gasteiger partial charge in [0.1, 0.15) is 0 Å². The molecule has 1 aliphatic heterocycles. The van der Waals surface area contributed by atoms with Gasteiger partial charge in [0.15, 0.2) is 0 Å². The van der Waals surface area contributed by atoms with E-state index in [1.807, 2.05) is 0 Å². The number of rotatable bonds is 5. The van der Waals surface area contributed by atoms with Gasteiger partial charge in [-0.3, -0.25) is 0 Å². The van der Waals surface area contributed by atoms with E-state index >= 15 is 0 Å². The number of hydrogen-bond acceptors (Lipinski definition) is 2. The molecule has 2 saturated carbocycles. The van der Waals surface area contributed by atoms with Gasteiger partial charge in [0.05, 0.1) is 11.7 Å². The molecule has 3 unspecified atom stereocenters. The highest BCUT2D eigenvalue weighted by Crippen LogP contribution is 2.44. The van der Waals surface area contributed by atoms with Crippen molar-refractivity contribution in [1.29, 1.82) is 0 Å². The highest BCUT2D eigenvalue weighted by Gasteiger charge is 2.42. The Hall–Kier alpha value is -0.0800. The van der Waals surface area contributed by atoms with Crippen LogP contribution in [0, 0.1) is 5.92 Å². The zero-order valence-electron chi connectivity index (χ0n) is 14.0. The van der Waals surface area contributed by atoms with E-state index in [1.165, 1.54) is 90.0 Å². The highest BCUT2D eigenvalue weighted by atomic mass is 16.5. The summed E-state index contributed by atoms with van der Waals surface area (Å²) < 4.78 is 6.62. The summed E-state index contributed by atoms with van der Waals surface area (Å²) >= 11 is 0. The normalized spacial score (nSPS) is 36.1. The van der Waals surface area contributed by atoms with Gasteiger partial charge in [-0.05, 0) is 63.8 Å². The summed E-state index contributed by atoms with van der Waals surface area (Å²) in [6.07, 6.45) is 18.4. The quantitative estimate of drug-likeness (QED) is 0.785. The first-order valence-corrected chi connectivity index (χ1v) is 9.72. The van der Waals surface area contributed by atoms with E-state index in [2.05, 4.69) is 12.2 Å². The Morgan fingerprint density at radius 3 is 2.57 bits per heavy atom. The van der Waals surface area contributed by atoms with Crippen LogP contribution in [0.25, 0.3) is 0 Å². The van der Waals surface area contributed by atoms with Gasteiger partial charge in [-0.2, -0.15) is 0 Å². The van der Waals surface area contributed by atoms with Gasteiger partial charge in [0.25, 0.3) is 0 Å². The molecule has 21 heavy (non-hydrogen) atoms. The minimum atomic E-state index is 0.309. The fourth-order valence-electron chi connectivity index (χ4n) is 5.05. The zero-order valence-corrected chi connectivity index (χ0v) is 14.0. The molecule has 122 valence electrons. The predicted molar refractivity (Wildman–Crippen MR) is 88.6 cm³/mol. The molecule has 0 aromatic carbocycles. The van der Waals surface area contributed by atoms with Crippen molar-refractivity contribution in [2.24, 2.45) is 5.92 Å². The molecule has 3 aliphatic rings. The minimum absolute atomic E-state index is 0.309. The van der Waals surface area contributed by atoms with Gasteiger partial charge < -0.3 is 10.1 Å². The minimum Gasteiger partial charge on any atom is -0.372 e. The van der Waals surface area contributed by atoms with Crippen LogP contribution in [0.4, 0.5) is 0 Å².